The molecule has 0 spiro atoms. The molecule has 5 rings (SSSR count). The van der Waals surface area contributed by atoms with Crippen LogP contribution in [0.4, 0.5) is 11.4 Å². The number of nitrogens with zero attached hydrogens (tertiary/aromatic N) is 1. The minimum Gasteiger partial charge on any atom is -0.484 e. The van der Waals surface area contributed by atoms with Crippen molar-refractivity contribution in [3.05, 3.63) is 89.3 Å². The summed E-state index contributed by atoms with van der Waals surface area (Å²) in [5.74, 6) is 0.285. The van der Waals surface area contributed by atoms with Crippen molar-refractivity contribution < 1.29 is 13.9 Å². The second-order valence-electron chi connectivity index (χ2n) is 6.51. The van der Waals surface area contributed by atoms with E-state index in [-0.39, 0.29) is 12.5 Å². The van der Waals surface area contributed by atoms with E-state index in [1.807, 2.05) is 48.5 Å². The van der Waals surface area contributed by atoms with Gasteiger partial charge in [0.2, 0.25) is 0 Å². The van der Waals surface area contributed by atoms with Gasteiger partial charge in [0.1, 0.15) is 11.3 Å². The number of fused-ring (bicyclic) bond motifs is 3. The van der Waals surface area contributed by atoms with Gasteiger partial charge in [0.05, 0.1) is 11.4 Å². The zero-order valence-electron chi connectivity index (χ0n) is 15.2. The summed E-state index contributed by atoms with van der Waals surface area (Å²) >= 11 is 1.64. The summed E-state index contributed by atoms with van der Waals surface area (Å²) in [6, 6.07) is 23.8. The molecule has 0 unspecified atom stereocenters. The van der Waals surface area contributed by atoms with Crippen LogP contribution < -0.4 is 15.3 Å². The second kappa shape index (κ2) is 7.14. The lowest BCUT2D eigenvalue weighted by molar-refractivity contribution is -0.119. The van der Waals surface area contributed by atoms with E-state index in [0.717, 1.165) is 26.6 Å². The maximum atomic E-state index is 13.1. The van der Waals surface area contributed by atoms with Crippen LogP contribution >= 0.6 is 11.8 Å². The molecule has 142 valence electrons. The minimum absolute atomic E-state index is 0.143. The molecule has 1 amide bonds. The predicted molar refractivity (Wildman–Crippen MR) is 112 cm³/mol. The first-order valence-corrected chi connectivity index (χ1v) is 9.86. The third-order valence-electron chi connectivity index (χ3n) is 4.64. The number of anilines is 2. The van der Waals surface area contributed by atoms with Crippen molar-refractivity contribution in [1.29, 1.82) is 0 Å². The maximum Gasteiger partial charge on any atom is 0.336 e. The van der Waals surface area contributed by atoms with Crippen LogP contribution in [0.15, 0.2) is 97.9 Å². The molecule has 29 heavy (non-hydrogen) atoms. The van der Waals surface area contributed by atoms with Crippen molar-refractivity contribution in [3.8, 4) is 5.75 Å². The lowest BCUT2D eigenvalue weighted by Gasteiger charge is -2.30. The third-order valence-corrected chi connectivity index (χ3v) is 5.77. The number of ether oxygens (including phenoxy) is 1. The van der Waals surface area contributed by atoms with E-state index < -0.39 is 5.63 Å². The molecule has 0 bridgehead atoms. The minimum atomic E-state index is -0.426. The van der Waals surface area contributed by atoms with Gasteiger partial charge in [-0.3, -0.25) is 9.69 Å². The summed E-state index contributed by atoms with van der Waals surface area (Å²) in [7, 11) is 0. The Morgan fingerprint density at radius 1 is 0.897 bits per heavy atom. The number of hydrogen-bond acceptors (Lipinski definition) is 5. The summed E-state index contributed by atoms with van der Waals surface area (Å²) in [5, 5.41) is 0.791. The number of amides is 1. The molecular formula is C23H15NO4S. The SMILES string of the molecule is O=C(COc1ccc2ccc(=O)oc2c1)N1c2ccccc2Sc2ccccc21. The van der Waals surface area contributed by atoms with Crippen molar-refractivity contribution in [2.75, 3.05) is 11.5 Å². The second-order valence-corrected chi connectivity index (χ2v) is 7.59. The van der Waals surface area contributed by atoms with Gasteiger partial charge in [0.15, 0.2) is 6.61 Å². The van der Waals surface area contributed by atoms with Gasteiger partial charge in [-0.25, -0.2) is 4.79 Å². The van der Waals surface area contributed by atoms with Crippen LogP contribution in [0.5, 0.6) is 5.75 Å². The fraction of sp³-hybridized carbons (Fsp3) is 0.0435. The molecule has 3 aromatic carbocycles. The molecular weight excluding hydrogens is 386 g/mol. The zero-order valence-corrected chi connectivity index (χ0v) is 16.0. The highest BCUT2D eigenvalue weighted by Gasteiger charge is 2.28. The summed E-state index contributed by atoms with van der Waals surface area (Å²) in [4.78, 5) is 28.3. The van der Waals surface area contributed by atoms with Gasteiger partial charge in [-0.1, -0.05) is 36.0 Å². The largest absolute Gasteiger partial charge is 0.484 e. The average Bonchev–Trinajstić information content (AvgIpc) is 2.75. The summed E-state index contributed by atoms with van der Waals surface area (Å²) in [6.07, 6.45) is 0. The highest BCUT2D eigenvalue weighted by Crippen LogP contribution is 2.47. The Labute approximate surface area is 170 Å². The number of carbonyl (C=O) groups is 1. The van der Waals surface area contributed by atoms with E-state index in [1.165, 1.54) is 6.07 Å². The number of para-hydroxylation sites is 2. The molecule has 0 N–H and O–H groups in total. The van der Waals surface area contributed by atoms with Crippen LogP contribution in [-0.2, 0) is 4.79 Å². The Kier molecular flexibility index (Phi) is 4.33. The molecule has 1 aliphatic rings. The molecule has 0 radical (unpaired) electrons. The van der Waals surface area contributed by atoms with E-state index in [1.54, 1.807) is 40.9 Å². The Balaban J connectivity index is 1.43. The van der Waals surface area contributed by atoms with Crippen LogP contribution in [0.2, 0.25) is 0 Å². The third kappa shape index (κ3) is 3.28. The molecule has 1 aliphatic heterocycles. The Morgan fingerprint density at radius 2 is 1.55 bits per heavy atom. The molecule has 4 aromatic rings. The van der Waals surface area contributed by atoms with Crippen molar-refractivity contribution in [2.24, 2.45) is 0 Å². The van der Waals surface area contributed by atoms with Crippen LogP contribution in [0.25, 0.3) is 11.0 Å². The van der Waals surface area contributed by atoms with Gasteiger partial charge in [-0.15, -0.1) is 0 Å². The van der Waals surface area contributed by atoms with E-state index in [4.69, 9.17) is 9.15 Å². The molecule has 0 fully saturated rings. The van der Waals surface area contributed by atoms with E-state index in [9.17, 15) is 9.59 Å². The number of benzene rings is 3. The lowest BCUT2D eigenvalue weighted by atomic mass is 10.2. The summed E-state index contributed by atoms with van der Waals surface area (Å²) < 4.78 is 10.9. The fourth-order valence-corrected chi connectivity index (χ4v) is 4.37. The van der Waals surface area contributed by atoms with Crippen LogP contribution in [0.1, 0.15) is 0 Å². The monoisotopic (exact) mass is 401 g/mol. The molecule has 0 saturated carbocycles. The fourth-order valence-electron chi connectivity index (χ4n) is 3.31. The Hall–Kier alpha value is -3.51. The molecule has 0 saturated heterocycles. The van der Waals surface area contributed by atoms with Gasteiger partial charge in [-0.2, -0.15) is 0 Å². The smallest absolute Gasteiger partial charge is 0.336 e. The van der Waals surface area contributed by atoms with Gasteiger partial charge in [-0.05, 0) is 42.5 Å². The predicted octanol–water partition coefficient (Wildman–Crippen LogP) is 5.00. The molecule has 5 nitrogen and oxygen atoms in total. The maximum absolute atomic E-state index is 13.1. The molecule has 1 aromatic heterocycles. The first-order valence-electron chi connectivity index (χ1n) is 9.05. The Bertz CT molecular complexity index is 1250. The highest BCUT2D eigenvalue weighted by molar-refractivity contribution is 7.99. The average molecular weight is 401 g/mol. The van der Waals surface area contributed by atoms with Crippen LogP contribution in [-0.4, -0.2) is 12.5 Å². The number of carbonyl (C=O) groups excluding carboxylic acids is 1. The lowest BCUT2D eigenvalue weighted by Crippen LogP contribution is -2.32. The van der Waals surface area contributed by atoms with Crippen molar-refractivity contribution in [2.45, 2.75) is 9.79 Å². The normalized spacial score (nSPS) is 12.3. The molecule has 6 heteroatoms. The standard InChI is InChI=1S/C23H15NO4S/c25-22(14-27-16-11-9-15-10-12-23(26)28-19(15)13-16)24-17-5-1-3-7-20(17)29-21-8-4-2-6-18(21)24/h1-13H,14H2. The van der Waals surface area contributed by atoms with E-state index in [0.29, 0.717) is 11.3 Å². The van der Waals surface area contributed by atoms with Crippen molar-refractivity contribution in [1.82, 2.24) is 0 Å². The van der Waals surface area contributed by atoms with Crippen molar-refractivity contribution >= 4 is 40.0 Å². The molecule has 0 atom stereocenters. The van der Waals surface area contributed by atoms with Crippen LogP contribution in [0, 0.1) is 0 Å². The number of hydrogen-bond donors (Lipinski definition) is 0. The first kappa shape index (κ1) is 17.6. The van der Waals surface area contributed by atoms with Crippen molar-refractivity contribution in [3.63, 3.8) is 0 Å². The first-order chi connectivity index (χ1) is 14.2. The summed E-state index contributed by atoms with van der Waals surface area (Å²) in [5.41, 5.74) is 1.68. The van der Waals surface area contributed by atoms with Gasteiger partial charge in [0.25, 0.3) is 5.91 Å². The number of rotatable bonds is 3. The van der Waals surface area contributed by atoms with E-state index >= 15 is 0 Å². The van der Waals surface area contributed by atoms with Gasteiger partial charge in [0, 0.05) is 27.3 Å². The van der Waals surface area contributed by atoms with Gasteiger partial charge >= 0.3 is 5.63 Å². The Morgan fingerprint density at radius 3 is 2.28 bits per heavy atom. The molecule has 0 aliphatic carbocycles. The zero-order chi connectivity index (χ0) is 19.8. The summed E-state index contributed by atoms with van der Waals surface area (Å²) in [6.45, 7) is -0.143. The highest BCUT2D eigenvalue weighted by atomic mass is 32.2. The van der Waals surface area contributed by atoms with E-state index in [2.05, 4.69) is 0 Å². The topological polar surface area (TPSA) is 59.8 Å². The quantitative estimate of drug-likeness (QED) is 0.452. The molecule has 2 heterocycles. The van der Waals surface area contributed by atoms with Crippen LogP contribution in [0.3, 0.4) is 0 Å². The van der Waals surface area contributed by atoms with Gasteiger partial charge < -0.3 is 9.15 Å².